The minimum atomic E-state index is -0.521. The largest absolute Gasteiger partial charge is 0.481 e. The minimum Gasteiger partial charge on any atom is -0.481 e. The van der Waals surface area contributed by atoms with Crippen LogP contribution < -0.4 is 10.1 Å². The molecular formula is C15H22FNO2. The summed E-state index contributed by atoms with van der Waals surface area (Å²) in [7, 11) is 0. The van der Waals surface area contributed by atoms with Crippen LogP contribution in [0.15, 0.2) is 24.3 Å². The Labute approximate surface area is 114 Å². The van der Waals surface area contributed by atoms with E-state index in [0.29, 0.717) is 18.7 Å². The second-order valence-electron chi connectivity index (χ2n) is 4.47. The molecule has 0 aliphatic rings. The van der Waals surface area contributed by atoms with Crippen molar-refractivity contribution >= 4 is 5.91 Å². The Morgan fingerprint density at radius 1 is 1.26 bits per heavy atom. The summed E-state index contributed by atoms with van der Waals surface area (Å²) in [4.78, 5) is 11.9. The van der Waals surface area contributed by atoms with Crippen molar-refractivity contribution in [3.05, 3.63) is 30.1 Å². The molecule has 0 saturated carbocycles. The van der Waals surface area contributed by atoms with Crippen molar-refractivity contribution < 1.29 is 13.9 Å². The van der Waals surface area contributed by atoms with Crippen molar-refractivity contribution in [2.75, 3.05) is 6.54 Å². The van der Waals surface area contributed by atoms with Gasteiger partial charge in [0.15, 0.2) is 6.10 Å². The zero-order chi connectivity index (χ0) is 14.1. The molecule has 1 rings (SSSR count). The maximum absolute atomic E-state index is 12.8. The highest BCUT2D eigenvalue weighted by Gasteiger charge is 2.17. The van der Waals surface area contributed by atoms with E-state index in [-0.39, 0.29) is 11.7 Å². The summed E-state index contributed by atoms with van der Waals surface area (Å²) in [6.07, 6.45) is 3.27. The fourth-order valence-electron chi connectivity index (χ4n) is 1.70. The van der Waals surface area contributed by atoms with E-state index < -0.39 is 6.10 Å². The molecule has 0 unspecified atom stereocenters. The van der Waals surface area contributed by atoms with Crippen molar-refractivity contribution in [1.29, 1.82) is 0 Å². The molecule has 3 nitrogen and oxygen atoms in total. The first-order chi connectivity index (χ1) is 9.17. The Morgan fingerprint density at radius 2 is 1.95 bits per heavy atom. The molecule has 0 spiro atoms. The third kappa shape index (κ3) is 5.73. The first kappa shape index (κ1) is 15.5. The molecule has 19 heavy (non-hydrogen) atoms. The molecule has 0 aliphatic heterocycles. The van der Waals surface area contributed by atoms with Gasteiger partial charge in [-0.05, 0) is 37.1 Å². The van der Waals surface area contributed by atoms with Gasteiger partial charge < -0.3 is 10.1 Å². The molecule has 0 bridgehead atoms. The molecule has 0 fully saturated rings. The van der Waals surface area contributed by atoms with Gasteiger partial charge in [-0.2, -0.15) is 0 Å². The van der Waals surface area contributed by atoms with Crippen molar-refractivity contribution in [3.63, 3.8) is 0 Å². The summed E-state index contributed by atoms with van der Waals surface area (Å²) >= 11 is 0. The molecule has 0 saturated heterocycles. The summed E-state index contributed by atoms with van der Waals surface area (Å²) in [6.45, 7) is 4.68. The topological polar surface area (TPSA) is 38.3 Å². The molecule has 1 amide bonds. The highest BCUT2D eigenvalue weighted by molar-refractivity contribution is 5.81. The van der Waals surface area contributed by atoms with E-state index in [0.717, 1.165) is 19.3 Å². The van der Waals surface area contributed by atoms with Gasteiger partial charge >= 0.3 is 0 Å². The number of hydrogen-bond acceptors (Lipinski definition) is 2. The smallest absolute Gasteiger partial charge is 0.261 e. The van der Waals surface area contributed by atoms with Gasteiger partial charge in [0.05, 0.1) is 0 Å². The van der Waals surface area contributed by atoms with E-state index in [1.165, 1.54) is 24.3 Å². The van der Waals surface area contributed by atoms with Gasteiger partial charge in [-0.25, -0.2) is 4.39 Å². The van der Waals surface area contributed by atoms with Crippen LogP contribution in [-0.4, -0.2) is 18.6 Å². The maximum Gasteiger partial charge on any atom is 0.261 e. The number of hydrogen-bond donors (Lipinski definition) is 1. The van der Waals surface area contributed by atoms with Crippen LogP contribution in [0.2, 0.25) is 0 Å². The number of benzene rings is 1. The Morgan fingerprint density at radius 3 is 2.53 bits per heavy atom. The van der Waals surface area contributed by atoms with Crippen LogP contribution in [0, 0.1) is 5.82 Å². The number of carbonyl (C=O) groups excluding carboxylic acids is 1. The molecule has 0 radical (unpaired) electrons. The summed E-state index contributed by atoms with van der Waals surface area (Å²) in [6, 6.07) is 5.70. The van der Waals surface area contributed by atoms with Gasteiger partial charge in [0.25, 0.3) is 5.91 Å². The van der Waals surface area contributed by atoms with Gasteiger partial charge in [0, 0.05) is 6.54 Å². The molecular weight excluding hydrogens is 245 g/mol. The van der Waals surface area contributed by atoms with Crippen molar-refractivity contribution in [2.45, 2.75) is 45.6 Å². The highest BCUT2D eigenvalue weighted by Crippen LogP contribution is 2.14. The quantitative estimate of drug-likeness (QED) is 0.734. The molecule has 4 heteroatoms. The van der Waals surface area contributed by atoms with Crippen LogP contribution in [0.25, 0.3) is 0 Å². The second kappa shape index (κ2) is 8.51. The average Bonchev–Trinajstić information content (AvgIpc) is 2.42. The van der Waals surface area contributed by atoms with Gasteiger partial charge in [0.2, 0.25) is 0 Å². The zero-order valence-electron chi connectivity index (χ0n) is 11.6. The van der Waals surface area contributed by atoms with E-state index in [2.05, 4.69) is 12.2 Å². The number of halogens is 1. The van der Waals surface area contributed by atoms with E-state index in [9.17, 15) is 9.18 Å². The number of nitrogens with one attached hydrogen (secondary N) is 1. The molecule has 1 aromatic rings. The molecule has 0 aliphatic carbocycles. The van der Waals surface area contributed by atoms with Crippen LogP contribution >= 0.6 is 0 Å². The molecule has 0 heterocycles. The fourth-order valence-corrected chi connectivity index (χ4v) is 1.70. The molecule has 0 aromatic heterocycles. The third-order valence-electron chi connectivity index (χ3n) is 2.83. The van der Waals surface area contributed by atoms with Crippen molar-refractivity contribution in [2.24, 2.45) is 0 Å². The molecule has 1 aromatic carbocycles. The van der Waals surface area contributed by atoms with E-state index in [1.54, 1.807) is 0 Å². The first-order valence-electron chi connectivity index (χ1n) is 6.87. The monoisotopic (exact) mass is 267 g/mol. The van der Waals surface area contributed by atoms with Crippen molar-refractivity contribution in [3.8, 4) is 5.75 Å². The van der Waals surface area contributed by atoms with Crippen LogP contribution in [0.3, 0.4) is 0 Å². The van der Waals surface area contributed by atoms with Gasteiger partial charge in [0.1, 0.15) is 11.6 Å². The Kier molecular flexibility index (Phi) is 6.93. The van der Waals surface area contributed by atoms with Crippen LogP contribution in [0.5, 0.6) is 5.75 Å². The van der Waals surface area contributed by atoms with Crippen LogP contribution in [-0.2, 0) is 4.79 Å². The van der Waals surface area contributed by atoms with Gasteiger partial charge in [-0.1, -0.05) is 26.7 Å². The van der Waals surface area contributed by atoms with Crippen LogP contribution in [0.1, 0.15) is 39.5 Å². The molecule has 1 atom stereocenters. The predicted octanol–water partition coefficient (Wildman–Crippen LogP) is 3.29. The lowest BCUT2D eigenvalue weighted by Crippen LogP contribution is -2.38. The van der Waals surface area contributed by atoms with Gasteiger partial charge in [-0.3, -0.25) is 4.79 Å². The SMILES string of the molecule is CCCCCNC(=O)[C@H](CC)Oc1ccc(F)cc1. The summed E-state index contributed by atoms with van der Waals surface area (Å²) in [5, 5.41) is 2.86. The highest BCUT2D eigenvalue weighted by atomic mass is 19.1. The van der Waals surface area contributed by atoms with E-state index in [1.807, 2.05) is 6.92 Å². The number of rotatable bonds is 8. The van der Waals surface area contributed by atoms with E-state index in [4.69, 9.17) is 4.74 Å². The normalized spacial score (nSPS) is 11.9. The lowest BCUT2D eigenvalue weighted by atomic mass is 10.2. The first-order valence-corrected chi connectivity index (χ1v) is 6.87. The van der Waals surface area contributed by atoms with Crippen LogP contribution in [0.4, 0.5) is 4.39 Å². The molecule has 1 N–H and O–H groups in total. The van der Waals surface area contributed by atoms with E-state index >= 15 is 0 Å². The second-order valence-corrected chi connectivity index (χ2v) is 4.47. The summed E-state index contributed by atoms with van der Waals surface area (Å²) in [5.74, 6) is 0.0873. The number of ether oxygens (including phenoxy) is 1. The Hall–Kier alpha value is -1.58. The zero-order valence-corrected chi connectivity index (χ0v) is 11.6. The third-order valence-corrected chi connectivity index (χ3v) is 2.83. The fraction of sp³-hybridized carbons (Fsp3) is 0.533. The maximum atomic E-state index is 12.8. The number of unbranched alkanes of at least 4 members (excludes halogenated alkanes) is 2. The minimum absolute atomic E-state index is 0.108. The number of carbonyl (C=O) groups is 1. The predicted molar refractivity (Wildman–Crippen MR) is 73.6 cm³/mol. The number of amides is 1. The standard InChI is InChI=1S/C15H22FNO2/c1-3-5-6-11-17-15(18)14(4-2)19-13-9-7-12(16)8-10-13/h7-10,14H,3-6,11H2,1-2H3,(H,17,18)/t14-/m0/s1. The average molecular weight is 267 g/mol. The summed E-state index contributed by atoms with van der Waals surface area (Å²) in [5.41, 5.74) is 0. The van der Waals surface area contributed by atoms with Crippen molar-refractivity contribution in [1.82, 2.24) is 5.32 Å². The molecule has 106 valence electrons. The Balaban J connectivity index is 2.43. The Bertz CT molecular complexity index is 378. The lowest BCUT2D eigenvalue weighted by molar-refractivity contribution is -0.128. The lowest BCUT2D eigenvalue weighted by Gasteiger charge is -2.17. The van der Waals surface area contributed by atoms with Gasteiger partial charge in [-0.15, -0.1) is 0 Å². The summed E-state index contributed by atoms with van der Waals surface area (Å²) < 4.78 is 18.3.